The minimum Gasteiger partial charge on any atom is -0.392 e. The van der Waals surface area contributed by atoms with Gasteiger partial charge >= 0.3 is 0 Å². The molecule has 0 unspecified atom stereocenters. The van der Waals surface area contributed by atoms with Gasteiger partial charge < -0.3 is 24.5 Å². The van der Waals surface area contributed by atoms with Gasteiger partial charge in [-0.3, -0.25) is 4.68 Å². The van der Waals surface area contributed by atoms with Crippen molar-refractivity contribution in [2.75, 3.05) is 19.8 Å². The quantitative estimate of drug-likeness (QED) is 0.581. The molecule has 31 heavy (non-hydrogen) atoms. The summed E-state index contributed by atoms with van der Waals surface area (Å²) in [5, 5.41) is 18.8. The lowest BCUT2D eigenvalue weighted by molar-refractivity contribution is -0.0545. The summed E-state index contributed by atoms with van der Waals surface area (Å²) in [6.45, 7) is 3.62. The first kappa shape index (κ1) is 20.9. The van der Waals surface area contributed by atoms with Gasteiger partial charge in [0.2, 0.25) is 0 Å². The lowest BCUT2D eigenvalue weighted by Crippen LogP contribution is -2.44. The van der Waals surface area contributed by atoms with E-state index in [0.717, 1.165) is 60.9 Å². The Balaban J connectivity index is 1.35. The van der Waals surface area contributed by atoms with E-state index in [0.29, 0.717) is 24.8 Å². The molecule has 2 fully saturated rings. The Hall–Kier alpha value is -1.97. The second-order valence-corrected chi connectivity index (χ2v) is 8.73. The first-order chi connectivity index (χ1) is 15.2. The Bertz CT molecular complexity index is 1030. The fraction of sp³-hybridized carbons (Fsp3) is 0.545. The van der Waals surface area contributed by atoms with E-state index in [2.05, 4.69) is 20.0 Å². The molecule has 2 aliphatic rings. The number of hydrogen-bond acceptors (Lipinski definition) is 6. The number of aromatic nitrogens is 4. The third-order valence-corrected chi connectivity index (χ3v) is 6.33. The second-order valence-electron chi connectivity index (χ2n) is 8.29. The van der Waals surface area contributed by atoms with Crippen molar-refractivity contribution in [1.82, 2.24) is 24.6 Å². The number of aliphatic hydroxyl groups is 1. The number of fused-ring (bicyclic) bond motifs is 1. The zero-order valence-corrected chi connectivity index (χ0v) is 18.2. The lowest BCUT2D eigenvalue weighted by atomic mass is 9.97. The summed E-state index contributed by atoms with van der Waals surface area (Å²) in [4.78, 5) is 4.58. The number of nitrogens with one attached hydrogen (secondary N) is 1. The number of imidazole rings is 1. The molecule has 166 valence electrons. The fourth-order valence-corrected chi connectivity index (χ4v) is 4.76. The van der Waals surface area contributed by atoms with Crippen molar-refractivity contribution < 1.29 is 14.6 Å². The topological polar surface area (TPSA) is 86.4 Å². The van der Waals surface area contributed by atoms with Crippen LogP contribution in [0.3, 0.4) is 0 Å². The SMILES string of the molecule is O[C@H]1CCCN[C@@H]1CCCn1cnc2cc(Cl)cc(-c3cnn(CC4OCCO4)c3)c21. The molecular weight excluding hydrogens is 418 g/mol. The van der Waals surface area contributed by atoms with Crippen molar-refractivity contribution in [2.24, 2.45) is 0 Å². The van der Waals surface area contributed by atoms with E-state index in [4.69, 9.17) is 21.1 Å². The predicted octanol–water partition coefficient (Wildman–Crippen LogP) is 2.82. The summed E-state index contributed by atoms with van der Waals surface area (Å²) >= 11 is 6.40. The van der Waals surface area contributed by atoms with E-state index in [9.17, 15) is 5.11 Å². The number of hydrogen-bond donors (Lipinski definition) is 2. The highest BCUT2D eigenvalue weighted by Crippen LogP contribution is 2.32. The second kappa shape index (κ2) is 9.26. The first-order valence-corrected chi connectivity index (χ1v) is 11.4. The molecule has 5 rings (SSSR count). The summed E-state index contributed by atoms with van der Waals surface area (Å²) in [7, 11) is 0. The van der Waals surface area contributed by atoms with Crippen LogP contribution in [0.1, 0.15) is 25.7 Å². The number of halogens is 1. The van der Waals surface area contributed by atoms with Crippen molar-refractivity contribution in [3.05, 3.63) is 35.9 Å². The highest BCUT2D eigenvalue weighted by atomic mass is 35.5. The third-order valence-electron chi connectivity index (χ3n) is 6.11. The highest BCUT2D eigenvalue weighted by molar-refractivity contribution is 6.31. The molecule has 0 bridgehead atoms. The minimum absolute atomic E-state index is 0.177. The molecule has 2 saturated heterocycles. The van der Waals surface area contributed by atoms with E-state index in [1.807, 2.05) is 35.5 Å². The van der Waals surface area contributed by atoms with Gasteiger partial charge in [-0.05, 0) is 44.4 Å². The zero-order valence-electron chi connectivity index (χ0n) is 17.4. The Kier molecular flexibility index (Phi) is 6.24. The molecule has 8 nitrogen and oxygen atoms in total. The normalized spacial score (nSPS) is 22.5. The van der Waals surface area contributed by atoms with Gasteiger partial charge in [-0.15, -0.1) is 0 Å². The van der Waals surface area contributed by atoms with E-state index < -0.39 is 0 Å². The van der Waals surface area contributed by atoms with Gasteiger partial charge in [-0.25, -0.2) is 4.98 Å². The van der Waals surface area contributed by atoms with Crippen LogP contribution < -0.4 is 5.32 Å². The lowest BCUT2D eigenvalue weighted by Gasteiger charge is -2.29. The molecule has 2 aromatic heterocycles. The smallest absolute Gasteiger partial charge is 0.177 e. The average molecular weight is 446 g/mol. The largest absolute Gasteiger partial charge is 0.392 e. The Labute approximate surface area is 186 Å². The van der Waals surface area contributed by atoms with E-state index in [1.54, 1.807) is 0 Å². The zero-order chi connectivity index (χ0) is 21.2. The minimum atomic E-state index is -0.249. The molecule has 2 atom stereocenters. The molecule has 4 heterocycles. The summed E-state index contributed by atoms with van der Waals surface area (Å²) < 4.78 is 15.1. The van der Waals surface area contributed by atoms with Gasteiger partial charge in [0.1, 0.15) is 0 Å². The van der Waals surface area contributed by atoms with Crippen LogP contribution >= 0.6 is 11.6 Å². The number of ether oxygens (including phenoxy) is 2. The van der Waals surface area contributed by atoms with Crippen LogP contribution in [0.4, 0.5) is 0 Å². The standard InChI is InChI=1S/C22H28ClN5O3/c23-16-9-17(15-11-26-28(12-15)13-21-30-7-8-31-21)22-19(10-16)25-14-27(22)6-2-3-18-20(29)4-1-5-24-18/h9-12,14,18,20-21,24,29H,1-8,13H2/t18-,20+/m1/s1. The number of piperidine rings is 1. The molecule has 0 aliphatic carbocycles. The molecule has 0 spiro atoms. The molecule has 0 radical (unpaired) electrons. The average Bonchev–Trinajstić information content (AvgIpc) is 3.51. The van der Waals surface area contributed by atoms with Crippen LogP contribution in [-0.4, -0.2) is 62.6 Å². The van der Waals surface area contributed by atoms with Crippen LogP contribution in [0.2, 0.25) is 5.02 Å². The Morgan fingerprint density at radius 3 is 2.97 bits per heavy atom. The number of nitrogens with zero attached hydrogens (tertiary/aromatic N) is 4. The van der Waals surface area contributed by atoms with Gasteiger partial charge in [0, 0.05) is 34.9 Å². The number of rotatable bonds is 7. The van der Waals surface area contributed by atoms with Crippen LogP contribution in [0.5, 0.6) is 0 Å². The Morgan fingerprint density at radius 1 is 1.26 bits per heavy atom. The first-order valence-electron chi connectivity index (χ1n) is 11.0. The van der Waals surface area contributed by atoms with Crippen molar-refractivity contribution in [2.45, 2.75) is 57.2 Å². The number of aliphatic hydroxyl groups excluding tert-OH is 1. The fourth-order valence-electron chi connectivity index (χ4n) is 4.54. The molecule has 0 amide bonds. The predicted molar refractivity (Wildman–Crippen MR) is 118 cm³/mol. The van der Waals surface area contributed by atoms with E-state index in [-0.39, 0.29) is 18.4 Å². The van der Waals surface area contributed by atoms with Crippen LogP contribution in [0.25, 0.3) is 22.2 Å². The maximum Gasteiger partial charge on any atom is 0.177 e. The monoisotopic (exact) mass is 445 g/mol. The van der Waals surface area contributed by atoms with Gasteiger partial charge in [-0.2, -0.15) is 5.10 Å². The van der Waals surface area contributed by atoms with Crippen LogP contribution in [0.15, 0.2) is 30.9 Å². The van der Waals surface area contributed by atoms with Crippen molar-refractivity contribution >= 4 is 22.6 Å². The molecule has 2 aliphatic heterocycles. The van der Waals surface area contributed by atoms with Crippen molar-refractivity contribution in [3.8, 4) is 11.1 Å². The summed E-state index contributed by atoms with van der Waals surface area (Å²) in [5.74, 6) is 0. The molecule has 1 aromatic carbocycles. The van der Waals surface area contributed by atoms with Gasteiger partial charge in [-0.1, -0.05) is 11.6 Å². The van der Waals surface area contributed by atoms with E-state index >= 15 is 0 Å². The maximum atomic E-state index is 10.2. The molecular formula is C22H28ClN5O3. The maximum absolute atomic E-state index is 10.2. The van der Waals surface area contributed by atoms with Gasteiger partial charge in [0.25, 0.3) is 0 Å². The summed E-state index contributed by atoms with van der Waals surface area (Å²) in [6, 6.07) is 4.04. The van der Waals surface area contributed by atoms with Gasteiger partial charge in [0.05, 0.1) is 49.4 Å². The number of benzene rings is 1. The van der Waals surface area contributed by atoms with Crippen molar-refractivity contribution in [1.29, 1.82) is 0 Å². The van der Waals surface area contributed by atoms with Crippen LogP contribution in [0, 0.1) is 0 Å². The Morgan fingerprint density at radius 2 is 2.13 bits per heavy atom. The third kappa shape index (κ3) is 4.63. The van der Waals surface area contributed by atoms with Gasteiger partial charge in [0.15, 0.2) is 6.29 Å². The highest BCUT2D eigenvalue weighted by Gasteiger charge is 2.22. The van der Waals surface area contributed by atoms with Crippen molar-refractivity contribution in [3.63, 3.8) is 0 Å². The molecule has 2 N–H and O–H groups in total. The molecule has 9 heteroatoms. The van der Waals surface area contributed by atoms with Crippen LogP contribution in [-0.2, 0) is 22.6 Å². The number of aryl methyl sites for hydroxylation is 1. The van der Waals surface area contributed by atoms with E-state index in [1.165, 1.54) is 0 Å². The summed E-state index contributed by atoms with van der Waals surface area (Å²) in [5.41, 5.74) is 3.91. The summed E-state index contributed by atoms with van der Waals surface area (Å²) in [6.07, 6.45) is 9.04. The molecule has 3 aromatic rings. The molecule has 0 saturated carbocycles.